The second-order valence-corrected chi connectivity index (χ2v) is 10.9. The lowest BCUT2D eigenvalue weighted by Gasteiger charge is -2.36. The molecule has 5 rings (SSSR count). The number of amides is 1. The Balaban J connectivity index is 1.50. The molecule has 2 aliphatic rings. The molecule has 0 N–H and O–H groups in total. The Morgan fingerprint density at radius 1 is 1.12 bits per heavy atom. The molecule has 3 aromatic rings. The molecule has 40 heavy (non-hydrogen) atoms. The summed E-state index contributed by atoms with van der Waals surface area (Å²) in [5.41, 5.74) is 2.71. The van der Waals surface area contributed by atoms with E-state index in [4.69, 9.17) is 9.72 Å². The summed E-state index contributed by atoms with van der Waals surface area (Å²) in [5.74, 6) is 0.832. The van der Waals surface area contributed by atoms with Crippen molar-refractivity contribution in [1.29, 1.82) is 0 Å². The van der Waals surface area contributed by atoms with E-state index in [-0.39, 0.29) is 6.54 Å². The van der Waals surface area contributed by atoms with Gasteiger partial charge < -0.3 is 9.64 Å². The van der Waals surface area contributed by atoms with Gasteiger partial charge in [0, 0.05) is 43.2 Å². The Hall–Kier alpha value is -3.56. The zero-order chi connectivity index (χ0) is 28.6. The molecule has 1 aliphatic carbocycles. The molecule has 7 nitrogen and oxygen atoms in total. The van der Waals surface area contributed by atoms with Crippen molar-refractivity contribution in [3.63, 3.8) is 0 Å². The van der Waals surface area contributed by atoms with Gasteiger partial charge in [0.05, 0.1) is 23.8 Å². The summed E-state index contributed by atoms with van der Waals surface area (Å²) in [6.07, 6.45) is 3.51. The molecular weight excluding hydrogens is 519 g/mol. The number of halogens is 3. The number of hydrogen-bond donors (Lipinski definition) is 0. The van der Waals surface area contributed by atoms with Gasteiger partial charge in [0.2, 0.25) is 0 Å². The number of cyclic esters (lactones) is 1. The minimum absolute atomic E-state index is 0.228. The first kappa shape index (κ1) is 28.0. The van der Waals surface area contributed by atoms with Gasteiger partial charge in [-0.2, -0.15) is 18.3 Å². The second-order valence-electron chi connectivity index (χ2n) is 10.9. The number of aryl methyl sites for hydroxylation is 2. The van der Waals surface area contributed by atoms with Crippen LogP contribution in [0.5, 0.6) is 0 Å². The van der Waals surface area contributed by atoms with E-state index < -0.39 is 30.0 Å². The third-order valence-corrected chi connectivity index (χ3v) is 8.18. The number of rotatable bonds is 7. The third-order valence-electron chi connectivity index (χ3n) is 8.18. The van der Waals surface area contributed by atoms with Crippen molar-refractivity contribution in [2.75, 3.05) is 11.4 Å². The van der Waals surface area contributed by atoms with Gasteiger partial charge in [-0.25, -0.2) is 9.78 Å². The van der Waals surface area contributed by atoms with Crippen molar-refractivity contribution in [3.8, 4) is 11.3 Å². The monoisotopic (exact) mass is 555 g/mol. The molecule has 3 heterocycles. The first-order valence-electron chi connectivity index (χ1n) is 14.0. The lowest BCUT2D eigenvalue weighted by Crippen LogP contribution is -2.39. The summed E-state index contributed by atoms with van der Waals surface area (Å²) in [7, 11) is 1.87. The molecule has 214 valence electrons. The molecule has 0 bridgehead atoms. The molecule has 0 unspecified atom stereocenters. The molecule has 1 amide bonds. The molecule has 0 radical (unpaired) electrons. The zero-order valence-corrected chi connectivity index (χ0v) is 23.4. The van der Waals surface area contributed by atoms with E-state index in [0.29, 0.717) is 17.2 Å². The summed E-state index contributed by atoms with van der Waals surface area (Å²) in [4.78, 5) is 22.0. The Bertz CT molecular complexity index is 1370. The number of aromatic nitrogens is 3. The van der Waals surface area contributed by atoms with Crippen LogP contribution in [0, 0.1) is 6.92 Å². The number of hydrogen-bond acceptors (Lipinski definition) is 5. The predicted octanol–water partition coefficient (Wildman–Crippen LogP) is 7.05. The van der Waals surface area contributed by atoms with Crippen LogP contribution in [0.3, 0.4) is 0 Å². The van der Waals surface area contributed by atoms with Gasteiger partial charge >= 0.3 is 12.3 Å². The minimum atomic E-state index is -4.48. The first-order valence-corrected chi connectivity index (χ1v) is 14.0. The van der Waals surface area contributed by atoms with Gasteiger partial charge in [-0.3, -0.25) is 9.58 Å². The summed E-state index contributed by atoms with van der Waals surface area (Å²) in [5, 5.41) is 4.29. The van der Waals surface area contributed by atoms with Crippen molar-refractivity contribution in [3.05, 3.63) is 65.0 Å². The van der Waals surface area contributed by atoms with Crippen LogP contribution in [0.15, 0.2) is 42.7 Å². The molecule has 1 saturated heterocycles. The molecule has 1 saturated carbocycles. The van der Waals surface area contributed by atoms with Gasteiger partial charge in [-0.05, 0) is 63.4 Å². The van der Waals surface area contributed by atoms with E-state index in [0.717, 1.165) is 54.2 Å². The molecule has 1 aliphatic heterocycles. The summed E-state index contributed by atoms with van der Waals surface area (Å²) >= 11 is 0. The van der Waals surface area contributed by atoms with Crippen molar-refractivity contribution < 1.29 is 22.7 Å². The zero-order valence-electron chi connectivity index (χ0n) is 23.4. The van der Waals surface area contributed by atoms with Gasteiger partial charge in [-0.1, -0.05) is 30.9 Å². The maximum Gasteiger partial charge on any atom is 0.416 e. The van der Waals surface area contributed by atoms with Gasteiger partial charge in [0.1, 0.15) is 11.9 Å². The second kappa shape index (κ2) is 11.1. The number of nitrogens with zero attached hydrogens (tertiary/aromatic N) is 5. The van der Waals surface area contributed by atoms with E-state index in [1.807, 2.05) is 32.3 Å². The van der Waals surface area contributed by atoms with E-state index in [1.165, 1.54) is 19.3 Å². The number of alkyl halides is 3. The molecule has 2 fully saturated rings. The van der Waals surface area contributed by atoms with E-state index in [9.17, 15) is 18.0 Å². The standard InChI is InChI=1S/C30H36F3N5O2/c1-5-37(25-9-7-6-8-10-25)28-23(15-22(17-34-28)26-11-12-35-36(26)4)18-38-20(3)27(40-29(38)39)21-13-19(2)14-24(16-21)30(31,32)33/h11-17,20,25,27H,5-10,18H2,1-4H3/t20-,27-/m0/s1. The molecule has 2 atom stereocenters. The van der Waals surface area contributed by atoms with Crippen LogP contribution in [-0.2, 0) is 24.5 Å². The van der Waals surface area contributed by atoms with Crippen LogP contribution in [0.4, 0.5) is 23.8 Å². The maximum atomic E-state index is 13.5. The number of anilines is 1. The number of carbonyl (C=O) groups excluding carboxylic acids is 1. The maximum absolute atomic E-state index is 13.5. The van der Waals surface area contributed by atoms with E-state index >= 15 is 0 Å². The van der Waals surface area contributed by atoms with Crippen molar-refractivity contribution in [2.24, 2.45) is 7.05 Å². The van der Waals surface area contributed by atoms with Gasteiger partial charge in [-0.15, -0.1) is 0 Å². The van der Waals surface area contributed by atoms with E-state index in [2.05, 4.69) is 16.9 Å². The Kier molecular flexibility index (Phi) is 7.79. The quantitative estimate of drug-likeness (QED) is 0.313. The molecule has 2 aromatic heterocycles. The topological polar surface area (TPSA) is 63.5 Å². The number of benzene rings is 1. The normalized spacial score (nSPS) is 20.2. The van der Waals surface area contributed by atoms with Crippen molar-refractivity contribution in [1.82, 2.24) is 19.7 Å². The Labute approximate surface area is 232 Å². The first-order chi connectivity index (χ1) is 19.1. The van der Waals surface area contributed by atoms with Gasteiger partial charge in [0.25, 0.3) is 0 Å². The summed E-state index contributed by atoms with van der Waals surface area (Å²) in [6, 6.07) is 7.71. The highest BCUT2D eigenvalue weighted by atomic mass is 19.4. The van der Waals surface area contributed by atoms with Crippen LogP contribution in [0.2, 0.25) is 0 Å². The SMILES string of the molecule is CCN(c1ncc(-c2ccnn2C)cc1CN1C(=O)O[C@H](c2cc(C)cc(C(F)(F)F)c2)[C@@H]1C)C1CCCCC1. The lowest BCUT2D eigenvalue weighted by atomic mass is 9.93. The third kappa shape index (κ3) is 5.53. The highest BCUT2D eigenvalue weighted by molar-refractivity contribution is 5.72. The molecule has 1 aromatic carbocycles. The molecule has 10 heteroatoms. The van der Waals surface area contributed by atoms with Crippen molar-refractivity contribution >= 4 is 11.9 Å². The van der Waals surface area contributed by atoms with Crippen LogP contribution in [0.1, 0.15) is 74.3 Å². The fourth-order valence-corrected chi connectivity index (χ4v) is 6.13. The van der Waals surface area contributed by atoms with E-state index in [1.54, 1.807) is 28.8 Å². The smallest absolute Gasteiger partial charge is 0.416 e. The Morgan fingerprint density at radius 3 is 2.52 bits per heavy atom. The number of carbonyl (C=O) groups is 1. The van der Waals surface area contributed by atoms with Crippen LogP contribution >= 0.6 is 0 Å². The Morgan fingerprint density at radius 2 is 1.88 bits per heavy atom. The highest BCUT2D eigenvalue weighted by Crippen LogP contribution is 2.39. The predicted molar refractivity (Wildman–Crippen MR) is 147 cm³/mol. The van der Waals surface area contributed by atoms with Crippen LogP contribution in [0.25, 0.3) is 11.3 Å². The number of pyridine rings is 1. The highest BCUT2D eigenvalue weighted by Gasteiger charge is 2.41. The van der Waals surface area contributed by atoms with Crippen LogP contribution < -0.4 is 4.90 Å². The molecular formula is C30H36F3N5O2. The summed E-state index contributed by atoms with van der Waals surface area (Å²) in [6.45, 7) is 6.56. The fraction of sp³-hybridized carbons (Fsp3) is 0.500. The molecule has 0 spiro atoms. The summed E-state index contributed by atoms with van der Waals surface area (Å²) < 4.78 is 48.1. The largest absolute Gasteiger partial charge is 0.439 e. The van der Waals surface area contributed by atoms with Crippen molar-refractivity contribution in [2.45, 2.75) is 83.8 Å². The van der Waals surface area contributed by atoms with Gasteiger partial charge in [0.15, 0.2) is 0 Å². The fourth-order valence-electron chi connectivity index (χ4n) is 6.13. The van der Waals surface area contributed by atoms with Crippen LogP contribution in [-0.4, -0.2) is 44.4 Å². The average Bonchev–Trinajstić information content (AvgIpc) is 3.47. The number of ether oxygens (including phenoxy) is 1. The lowest BCUT2D eigenvalue weighted by molar-refractivity contribution is -0.137. The average molecular weight is 556 g/mol. The minimum Gasteiger partial charge on any atom is -0.439 e.